The second-order valence-corrected chi connectivity index (χ2v) is 7.55. The molecule has 26 heavy (non-hydrogen) atoms. The molecule has 6 heteroatoms. The quantitative estimate of drug-likeness (QED) is 0.379. The van der Waals surface area contributed by atoms with Gasteiger partial charge in [0.15, 0.2) is 5.96 Å². The lowest BCUT2D eigenvalue weighted by molar-refractivity contribution is -0.106. The van der Waals surface area contributed by atoms with E-state index in [4.69, 9.17) is 14.5 Å². The molecule has 3 rings (SSSR count). The Bertz CT molecular complexity index is 604. The monoisotopic (exact) mass is 473 g/mol. The van der Waals surface area contributed by atoms with E-state index in [1.807, 2.05) is 12.1 Å². The summed E-state index contributed by atoms with van der Waals surface area (Å²) in [4.78, 5) is 4.78. The Labute approximate surface area is 174 Å². The molecule has 1 aromatic carbocycles. The highest BCUT2D eigenvalue weighted by atomic mass is 127. The van der Waals surface area contributed by atoms with Crippen LogP contribution in [0.2, 0.25) is 0 Å². The first kappa shape index (κ1) is 21.3. The number of aliphatic imine (C=N–C) groups is 1. The number of benzene rings is 1. The zero-order chi connectivity index (χ0) is 17.9. The normalized spacial score (nSPS) is 26.3. The van der Waals surface area contributed by atoms with Crippen molar-refractivity contribution in [3.63, 3.8) is 0 Å². The van der Waals surface area contributed by atoms with Crippen LogP contribution in [0.15, 0.2) is 29.3 Å². The van der Waals surface area contributed by atoms with Gasteiger partial charge in [-0.3, -0.25) is 4.99 Å². The molecule has 1 saturated carbocycles. The maximum Gasteiger partial charge on any atom is 0.191 e. The molecule has 146 valence electrons. The van der Waals surface area contributed by atoms with E-state index in [1.54, 1.807) is 7.11 Å². The highest BCUT2D eigenvalue weighted by Crippen LogP contribution is 2.52. The Morgan fingerprint density at radius 3 is 2.69 bits per heavy atom. The third kappa shape index (κ3) is 4.44. The van der Waals surface area contributed by atoms with Gasteiger partial charge >= 0.3 is 0 Å². The summed E-state index contributed by atoms with van der Waals surface area (Å²) in [7, 11) is 1.69. The van der Waals surface area contributed by atoms with E-state index < -0.39 is 0 Å². The van der Waals surface area contributed by atoms with Gasteiger partial charge in [-0.2, -0.15) is 0 Å². The van der Waals surface area contributed by atoms with Crippen molar-refractivity contribution in [1.82, 2.24) is 10.6 Å². The van der Waals surface area contributed by atoms with E-state index in [0.29, 0.717) is 18.1 Å². The Morgan fingerprint density at radius 2 is 2.04 bits per heavy atom. The lowest BCUT2D eigenvalue weighted by atomic mass is 9.57. The van der Waals surface area contributed by atoms with Crippen molar-refractivity contribution in [3.05, 3.63) is 29.8 Å². The summed E-state index contributed by atoms with van der Waals surface area (Å²) in [5.41, 5.74) is 1.43. The van der Waals surface area contributed by atoms with Gasteiger partial charge in [-0.05, 0) is 37.5 Å². The van der Waals surface area contributed by atoms with E-state index in [9.17, 15) is 0 Å². The third-order valence-corrected chi connectivity index (χ3v) is 5.57. The summed E-state index contributed by atoms with van der Waals surface area (Å²) in [6.45, 7) is 9.21. The summed E-state index contributed by atoms with van der Waals surface area (Å²) in [6, 6.07) is 8.63. The predicted octanol–water partition coefficient (Wildman–Crippen LogP) is 3.22. The lowest BCUT2D eigenvalue weighted by Crippen LogP contribution is -2.68. The fourth-order valence-corrected chi connectivity index (χ4v) is 4.17. The van der Waals surface area contributed by atoms with Crippen molar-refractivity contribution in [1.29, 1.82) is 0 Å². The summed E-state index contributed by atoms with van der Waals surface area (Å²) in [5.74, 6) is 2.42. The molecule has 1 aliphatic heterocycles. The van der Waals surface area contributed by atoms with E-state index in [0.717, 1.165) is 44.2 Å². The summed E-state index contributed by atoms with van der Waals surface area (Å²) in [5, 5.41) is 7.04. The van der Waals surface area contributed by atoms with Crippen LogP contribution in [0.4, 0.5) is 0 Å². The fraction of sp³-hybridized carbons (Fsp3) is 0.650. The Hall–Kier alpha value is -1.02. The number of hydrogen-bond acceptors (Lipinski definition) is 3. The van der Waals surface area contributed by atoms with E-state index in [-0.39, 0.29) is 29.4 Å². The topological polar surface area (TPSA) is 54.9 Å². The number of nitrogens with zero attached hydrogens (tertiary/aromatic N) is 1. The van der Waals surface area contributed by atoms with Crippen LogP contribution in [0.5, 0.6) is 5.75 Å². The molecule has 3 atom stereocenters. The molecule has 0 bridgehead atoms. The first-order valence-corrected chi connectivity index (χ1v) is 9.35. The zero-order valence-electron chi connectivity index (χ0n) is 16.2. The van der Waals surface area contributed by atoms with E-state index in [1.165, 1.54) is 5.56 Å². The molecule has 2 fully saturated rings. The predicted molar refractivity (Wildman–Crippen MR) is 117 cm³/mol. The highest BCUT2D eigenvalue weighted by molar-refractivity contribution is 14.0. The molecule has 1 aliphatic carbocycles. The van der Waals surface area contributed by atoms with Crippen LogP contribution in [0, 0.1) is 11.3 Å². The van der Waals surface area contributed by atoms with Crippen molar-refractivity contribution in [3.8, 4) is 5.75 Å². The summed E-state index contributed by atoms with van der Waals surface area (Å²) < 4.78 is 11.1. The van der Waals surface area contributed by atoms with Gasteiger partial charge in [-0.25, -0.2) is 0 Å². The molecule has 0 aromatic heterocycles. The van der Waals surface area contributed by atoms with Gasteiger partial charge in [0.1, 0.15) is 5.75 Å². The van der Waals surface area contributed by atoms with Crippen molar-refractivity contribution >= 4 is 29.9 Å². The van der Waals surface area contributed by atoms with Crippen molar-refractivity contribution < 1.29 is 9.47 Å². The van der Waals surface area contributed by atoms with Crippen LogP contribution in [-0.2, 0) is 11.2 Å². The molecule has 0 amide bonds. The number of methoxy groups -OCH3 is 1. The van der Waals surface area contributed by atoms with Gasteiger partial charge in [0, 0.05) is 37.1 Å². The number of ether oxygens (including phenoxy) is 2. The molecule has 5 nitrogen and oxygen atoms in total. The van der Waals surface area contributed by atoms with Crippen molar-refractivity contribution in [2.75, 3.05) is 26.8 Å². The first-order chi connectivity index (χ1) is 12.1. The maximum absolute atomic E-state index is 5.89. The number of fused-ring (bicyclic) bond motifs is 1. The van der Waals surface area contributed by atoms with Crippen molar-refractivity contribution in [2.45, 2.75) is 45.8 Å². The van der Waals surface area contributed by atoms with Crippen LogP contribution in [0.1, 0.15) is 32.8 Å². The zero-order valence-corrected chi connectivity index (χ0v) is 18.6. The number of halogens is 1. The molecular weight excluding hydrogens is 441 g/mol. The van der Waals surface area contributed by atoms with E-state index in [2.05, 4.69) is 43.5 Å². The van der Waals surface area contributed by atoms with Gasteiger partial charge < -0.3 is 20.1 Å². The minimum Gasteiger partial charge on any atom is -0.497 e. The Balaban J connectivity index is 0.00000243. The summed E-state index contributed by atoms with van der Waals surface area (Å²) in [6.07, 6.45) is 2.47. The smallest absolute Gasteiger partial charge is 0.191 e. The number of hydrogen-bond donors (Lipinski definition) is 2. The van der Waals surface area contributed by atoms with Gasteiger partial charge in [0.05, 0.1) is 13.2 Å². The first-order valence-electron chi connectivity index (χ1n) is 9.35. The highest BCUT2D eigenvalue weighted by Gasteiger charge is 2.59. The molecule has 2 aliphatic rings. The van der Waals surface area contributed by atoms with Crippen LogP contribution in [0.3, 0.4) is 0 Å². The largest absolute Gasteiger partial charge is 0.497 e. The molecule has 3 unspecified atom stereocenters. The maximum atomic E-state index is 5.89. The van der Waals surface area contributed by atoms with Gasteiger partial charge in [-0.15, -0.1) is 24.0 Å². The van der Waals surface area contributed by atoms with Crippen LogP contribution < -0.4 is 15.4 Å². The number of rotatable bonds is 6. The minimum atomic E-state index is 0. The molecule has 1 aromatic rings. The van der Waals surface area contributed by atoms with Crippen LogP contribution in [0.25, 0.3) is 0 Å². The van der Waals surface area contributed by atoms with Crippen molar-refractivity contribution in [2.24, 2.45) is 16.3 Å². The number of guanidine groups is 1. The lowest BCUT2D eigenvalue weighted by Gasteiger charge is -2.54. The Kier molecular flexibility index (Phi) is 7.58. The van der Waals surface area contributed by atoms with Gasteiger partial charge in [0.25, 0.3) is 0 Å². The SMILES string of the molecule is CCNC(=NCCc1ccc(OC)cc1)NC1C2CCOC2C1(C)C.I. The molecule has 0 radical (unpaired) electrons. The van der Waals surface area contributed by atoms with Gasteiger partial charge in [-0.1, -0.05) is 26.0 Å². The average molecular weight is 473 g/mol. The minimum absolute atomic E-state index is 0. The Morgan fingerprint density at radius 1 is 1.31 bits per heavy atom. The second-order valence-electron chi connectivity index (χ2n) is 7.55. The molecule has 1 heterocycles. The standard InChI is InChI=1S/C20H31N3O2.HI/c1-5-21-19(22-12-10-14-6-8-15(24-4)9-7-14)23-17-16-11-13-25-18(16)20(17,2)3;/h6-9,16-18H,5,10-13H2,1-4H3,(H2,21,22,23);1H. The fourth-order valence-electron chi connectivity index (χ4n) is 4.17. The molecule has 1 saturated heterocycles. The third-order valence-electron chi connectivity index (χ3n) is 5.57. The van der Waals surface area contributed by atoms with Gasteiger partial charge in [0.2, 0.25) is 0 Å². The average Bonchev–Trinajstić information content (AvgIpc) is 3.07. The number of nitrogens with one attached hydrogen (secondary N) is 2. The molecule has 0 spiro atoms. The van der Waals surface area contributed by atoms with Crippen LogP contribution in [-0.4, -0.2) is 44.9 Å². The van der Waals surface area contributed by atoms with E-state index >= 15 is 0 Å². The van der Waals surface area contributed by atoms with Crippen LogP contribution >= 0.6 is 24.0 Å². The second kappa shape index (κ2) is 9.26. The molecule has 2 N–H and O–H groups in total. The summed E-state index contributed by atoms with van der Waals surface area (Å²) >= 11 is 0. The molecular formula is C20H32IN3O2.